The molecule has 0 atom stereocenters. The summed E-state index contributed by atoms with van der Waals surface area (Å²) in [5.41, 5.74) is 5.12. The van der Waals surface area contributed by atoms with E-state index < -0.39 is 0 Å². The molecule has 0 spiro atoms. The standard InChI is InChI=1S/C15H18Cl2N6S/c16-12-7-6-10(8-13(12)17)9-24-15-22-21-14(23(15)18)20-19-11-4-2-1-3-5-11/h6-8H,1-5,9,18H2,(H,20,21). The zero-order chi connectivity index (χ0) is 16.9. The van der Waals surface area contributed by atoms with Crippen molar-refractivity contribution in [3.63, 3.8) is 0 Å². The minimum atomic E-state index is 0.435. The first-order chi connectivity index (χ1) is 11.6. The molecule has 0 saturated heterocycles. The highest BCUT2D eigenvalue weighted by Crippen LogP contribution is 2.27. The highest BCUT2D eigenvalue weighted by atomic mass is 35.5. The molecule has 0 bridgehead atoms. The average molecular weight is 385 g/mol. The van der Waals surface area contributed by atoms with Crippen molar-refractivity contribution in [3.8, 4) is 0 Å². The molecular weight excluding hydrogens is 367 g/mol. The fourth-order valence-electron chi connectivity index (χ4n) is 2.43. The van der Waals surface area contributed by atoms with Crippen molar-refractivity contribution in [2.24, 2.45) is 5.10 Å². The molecule has 1 aromatic heterocycles. The van der Waals surface area contributed by atoms with Gasteiger partial charge in [-0.15, -0.1) is 10.2 Å². The van der Waals surface area contributed by atoms with Crippen LogP contribution in [0.25, 0.3) is 0 Å². The normalized spacial score (nSPS) is 14.7. The summed E-state index contributed by atoms with van der Waals surface area (Å²) in [4.78, 5) is 0. The van der Waals surface area contributed by atoms with Gasteiger partial charge in [0.25, 0.3) is 5.95 Å². The van der Waals surface area contributed by atoms with Crippen molar-refractivity contribution in [1.82, 2.24) is 14.9 Å². The molecule has 1 aromatic carbocycles. The number of nitrogens with two attached hydrogens (primary N) is 1. The number of hydrogen-bond acceptors (Lipinski definition) is 6. The summed E-state index contributed by atoms with van der Waals surface area (Å²) in [5.74, 6) is 7.13. The number of benzene rings is 1. The topological polar surface area (TPSA) is 81.1 Å². The molecule has 3 rings (SSSR count). The quantitative estimate of drug-likeness (QED) is 0.455. The van der Waals surface area contributed by atoms with Crippen LogP contribution in [0.1, 0.15) is 37.7 Å². The van der Waals surface area contributed by atoms with Crippen LogP contribution in [-0.4, -0.2) is 20.6 Å². The molecule has 1 fully saturated rings. The summed E-state index contributed by atoms with van der Waals surface area (Å²) in [6, 6.07) is 5.54. The van der Waals surface area contributed by atoms with Crippen molar-refractivity contribution >= 4 is 46.6 Å². The monoisotopic (exact) mass is 384 g/mol. The summed E-state index contributed by atoms with van der Waals surface area (Å²) in [5, 5.41) is 14.2. The van der Waals surface area contributed by atoms with Crippen molar-refractivity contribution in [1.29, 1.82) is 0 Å². The number of halogens is 2. The van der Waals surface area contributed by atoms with Gasteiger partial charge in [0.1, 0.15) is 0 Å². The van der Waals surface area contributed by atoms with E-state index in [1.807, 2.05) is 12.1 Å². The molecule has 128 valence electrons. The van der Waals surface area contributed by atoms with Gasteiger partial charge >= 0.3 is 0 Å². The number of nitrogens with zero attached hydrogens (tertiary/aromatic N) is 4. The fourth-order valence-corrected chi connectivity index (χ4v) is 3.55. The Morgan fingerprint density at radius 1 is 1.17 bits per heavy atom. The van der Waals surface area contributed by atoms with E-state index in [1.165, 1.54) is 35.7 Å². The van der Waals surface area contributed by atoms with Gasteiger partial charge in [-0.25, -0.2) is 10.1 Å². The number of rotatable bonds is 5. The summed E-state index contributed by atoms with van der Waals surface area (Å²) < 4.78 is 1.41. The lowest BCUT2D eigenvalue weighted by atomic mass is 9.99. The van der Waals surface area contributed by atoms with Crippen LogP contribution < -0.4 is 11.3 Å². The molecule has 0 radical (unpaired) electrons. The molecule has 3 N–H and O–H groups in total. The van der Waals surface area contributed by atoms with E-state index >= 15 is 0 Å². The number of hydrazone groups is 1. The van der Waals surface area contributed by atoms with E-state index in [2.05, 4.69) is 20.7 Å². The van der Waals surface area contributed by atoms with Crippen molar-refractivity contribution in [3.05, 3.63) is 33.8 Å². The van der Waals surface area contributed by atoms with E-state index in [9.17, 15) is 0 Å². The first-order valence-corrected chi connectivity index (χ1v) is 9.46. The van der Waals surface area contributed by atoms with Crippen molar-refractivity contribution in [2.45, 2.75) is 43.0 Å². The van der Waals surface area contributed by atoms with Gasteiger partial charge in [0, 0.05) is 11.5 Å². The maximum absolute atomic E-state index is 6.03. The Morgan fingerprint density at radius 2 is 1.96 bits per heavy atom. The second-order valence-electron chi connectivity index (χ2n) is 5.56. The zero-order valence-corrected chi connectivity index (χ0v) is 15.3. The third-order valence-corrected chi connectivity index (χ3v) is 5.51. The fraction of sp³-hybridized carbons (Fsp3) is 0.400. The molecule has 1 saturated carbocycles. The maximum atomic E-state index is 6.03. The molecule has 0 unspecified atom stereocenters. The van der Waals surface area contributed by atoms with Gasteiger partial charge in [-0.3, -0.25) is 0 Å². The van der Waals surface area contributed by atoms with Crippen LogP contribution in [0, 0.1) is 0 Å². The molecular formula is C15H18Cl2N6S. The molecule has 0 amide bonds. The summed E-state index contributed by atoms with van der Waals surface area (Å²) in [7, 11) is 0. The molecule has 0 aliphatic heterocycles. The third-order valence-electron chi connectivity index (χ3n) is 3.76. The lowest BCUT2D eigenvalue weighted by Crippen LogP contribution is -2.14. The van der Waals surface area contributed by atoms with Gasteiger partial charge < -0.3 is 5.84 Å². The lowest BCUT2D eigenvalue weighted by molar-refractivity contribution is 0.665. The average Bonchev–Trinajstić information content (AvgIpc) is 2.95. The van der Waals surface area contributed by atoms with Crippen LogP contribution >= 0.6 is 35.0 Å². The van der Waals surface area contributed by atoms with Gasteiger partial charge in [-0.1, -0.05) is 47.5 Å². The number of nitrogens with one attached hydrogen (secondary N) is 1. The number of nitrogen functional groups attached to an aromatic ring is 1. The Kier molecular flexibility index (Phi) is 5.86. The molecule has 1 heterocycles. The molecule has 9 heteroatoms. The van der Waals surface area contributed by atoms with Gasteiger partial charge in [-0.2, -0.15) is 5.10 Å². The molecule has 1 aliphatic carbocycles. The Labute approximate surface area is 154 Å². The summed E-state index contributed by atoms with van der Waals surface area (Å²) in [6.45, 7) is 0. The van der Waals surface area contributed by atoms with Gasteiger partial charge in [0.2, 0.25) is 5.16 Å². The predicted molar refractivity (Wildman–Crippen MR) is 100 cm³/mol. The minimum Gasteiger partial charge on any atom is -0.334 e. The maximum Gasteiger partial charge on any atom is 0.264 e. The Balaban J connectivity index is 1.60. The second-order valence-corrected chi connectivity index (χ2v) is 7.32. The van der Waals surface area contributed by atoms with Crippen LogP contribution in [0.4, 0.5) is 5.95 Å². The van der Waals surface area contributed by atoms with Crippen LogP contribution in [0.3, 0.4) is 0 Å². The predicted octanol–water partition coefficient (Wildman–Crippen LogP) is 4.32. The summed E-state index contributed by atoms with van der Waals surface area (Å²) in [6.07, 6.45) is 5.73. The van der Waals surface area contributed by atoms with Gasteiger partial charge in [-0.05, 0) is 43.4 Å². The van der Waals surface area contributed by atoms with Crippen LogP contribution in [0.15, 0.2) is 28.5 Å². The minimum absolute atomic E-state index is 0.435. The Morgan fingerprint density at radius 3 is 2.71 bits per heavy atom. The second kappa shape index (κ2) is 8.09. The summed E-state index contributed by atoms with van der Waals surface area (Å²) >= 11 is 13.4. The van der Waals surface area contributed by atoms with Crippen LogP contribution in [-0.2, 0) is 5.75 Å². The van der Waals surface area contributed by atoms with E-state index in [4.69, 9.17) is 29.0 Å². The van der Waals surface area contributed by atoms with Crippen molar-refractivity contribution in [2.75, 3.05) is 11.3 Å². The van der Waals surface area contributed by atoms with Crippen LogP contribution in [0.2, 0.25) is 10.0 Å². The van der Waals surface area contributed by atoms with Crippen molar-refractivity contribution < 1.29 is 0 Å². The first kappa shape index (κ1) is 17.4. The largest absolute Gasteiger partial charge is 0.334 e. The Bertz CT molecular complexity index is 738. The third kappa shape index (κ3) is 4.34. The highest BCUT2D eigenvalue weighted by Gasteiger charge is 2.12. The molecule has 1 aliphatic rings. The van der Waals surface area contributed by atoms with E-state index in [1.54, 1.807) is 6.07 Å². The van der Waals surface area contributed by atoms with E-state index in [-0.39, 0.29) is 0 Å². The number of anilines is 1. The number of hydrogen-bond donors (Lipinski definition) is 2. The first-order valence-electron chi connectivity index (χ1n) is 7.72. The van der Waals surface area contributed by atoms with Crippen LogP contribution in [0.5, 0.6) is 0 Å². The van der Waals surface area contributed by atoms with Gasteiger partial charge in [0.15, 0.2) is 0 Å². The van der Waals surface area contributed by atoms with E-state index in [0.717, 1.165) is 24.1 Å². The highest BCUT2D eigenvalue weighted by molar-refractivity contribution is 7.98. The smallest absolute Gasteiger partial charge is 0.264 e. The molecule has 24 heavy (non-hydrogen) atoms. The number of aromatic nitrogens is 3. The SMILES string of the molecule is Nn1c(NN=C2CCCCC2)nnc1SCc1ccc(Cl)c(Cl)c1. The zero-order valence-electron chi connectivity index (χ0n) is 13.0. The van der Waals surface area contributed by atoms with E-state index in [0.29, 0.717) is 26.9 Å². The Hall–Kier alpha value is -1.44. The lowest BCUT2D eigenvalue weighted by Gasteiger charge is -2.12. The number of thioether (sulfide) groups is 1. The molecule has 2 aromatic rings. The van der Waals surface area contributed by atoms with Gasteiger partial charge in [0.05, 0.1) is 10.0 Å². The molecule has 6 nitrogen and oxygen atoms in total.